The van der Waals surface area contributed by atoms with Crippen LogP contribution in [0, 0.1) is 29.8 Å². The number of ether oxygens (including phenoxy) is 1. The van der Waals surface area contributed by atoms with Crippen LogP contribution >= 0.6 is 0 Å². The van der Waals surface area contributed by atoms with Crippen LogP contribution in [-0.4, -0.2) is 37.8 Å². The average molecular weight is 572 g/mol. The van der Waals surface area contributed by atoms with Crippen LogP contribution < -0.4 is 10.9 Å². The fraction of sp³-hybridized carbons (Fsp3) is 0.192. The van der Waals surface area contributed by atoms with E-state index in [0.717, 1.165) is 34.9 Å². The van der Waals surface area contributed by atoms with Gasteiger partial charge in [0.05, 0.1) is 10.5 Å². The molecule has 4 N–H and O–H groups in total. The first-order valence-electron chi connectivity index (χ1n) is 11.6. The Morgan fingerprint density at radius 1 is 1.07 bits per heavy atom. The third kappa shape index (κ3) is 8.68. The monoisotopic (exact) mass is 571 g/mol. The van der Waals surface area contributed by atoms with E-state index in [4.69, 9.17) is 15.6 Å². The molecule has 40 heavy (non-hydrogen) atoms. The van der Waals surface area contributed by atoms with E-state index >= 15 is 0 Å². The molecule has 0 heterocycles. The zero-order valence-electron chi connectivity index (χ0n) is 21.5. The van der Waals surface area contributed by atoms with Gasteiger partial charge in [-0.25, -0.2) is 32.7 Å². The number of amidine groups is 2. The molecule has 210 valence electrons. The topological polar surface area (TPSA) is 190 Å². The molecule has 3 aromatic rings. The molecule has 0 bridgehead atoms. The number of nitrogens with two attached hydrogens (primary N) is 2. The largest absolute Gasteiger partial charge is 0.454 e. The minimum Gasteiger partial charge on any atom is -0.454 e. The Morgan fingerprint density at radius 3 is 2.40 bits per heavy atom. The predicted molar refractivity (Wildman–Crippen MR) is 145 cm³/mol. The van der Waals surface area contributed by atoms with Crippen molar-refractivity contribution in [2.75, 3.05) is 6.61 Å². The summed E-state index contributed by atoms with van der Waals surface area (Å²) in [4.78, 5) is 35.1. The van der Waals surface area contributed by atoms with Crippen molar-refractivity contribution in [2.24, 2.45) is 20.9 Å². The fourth-order valence-corrected chi connectivity index (χ4v) is 3.97. The summed E-state index contributed by atoms with van der Waals surface area (Å²) in [6, 6.07) is 14.6. The molecular formula is C26H26FN5O7S. The smallest absolute Gasteiger partial charge is 0.338 e. The summed E-state index contributed by atoms with van der Waals surface area (Å²) in [6.45, 7) is 3.11. The number of nitrogens with zero attached hydrogens (tertiary/aromatic N) is 3. The van der Waals surface area contributed by atoms with Crippen LogP contribution in [0.5, 0.6) is 0 Å². The molecule has 0 fully saturated rings. The molecule has 0 aliphatic rings. The van der Waals surface area contributed by atoms with Crippen LogP contribution in [0.4, 0.5) is 10.1 Å². The van der Waals surface area contributed by atoms with Crippen molar-refractivity contribution >= 4 is 33.4 Å². The Kier molecular flexibility index (Phi) is 9.63. The summed E-state index contributed by atoms with van der Waals surface area (Å²) in [5.74, 6) is -1.70. The van der Waals surface area contributed by atoms with Crippen LogP contribution in [0.3, 0.4) is 0 Å². The highest BCUT2D eigenvalue weighted by Crippen LogP contribution is 2.22. The van der Waals surface area contributed by atoms with Gasteiger partial charge in [0, 0.05) is 6.42 Å². The molecule has 0 aliphatic heterocycles. The van der Waals surface area contributed by atoms with E-state index in [1.165, 1.54) is 24.3 Å². The van der Waals surface area contributed by atoms with E-state index in [1.807, 2.05) is 32.0 Å². The fourth-order valence-electron chi connectivity index (χ4n) is 3.44. The minimum atomic E-state index is -4.11. The number of aryl methyl sites for hydroxylation is 2. The van der Waals surface area contributed by atoms with Crippen molar-refractivity contribution in [2.45, 2.75) is 31.8 Å². The van der Waals surface area contributed by atoms with E-state index in [9.17, 15) is 27.7 Å². The highest BCUT2D eigenvalue weighted by molar-refractivity contribution is 7.89. The number of benzene rings is 3. The molecule has 0 aliphatic carbocycles. The van der Waals surface area contributed by atoms with Crippen LogP contribution in [0.25, 0.3) is 0 Å². The van der Waals surface area contributed by atoms with E-state index in [1.54, 1.807) is 0 Å². The van der Waals surface area contributed by atoms with Gasteiger partial charge in [-0.05, 0) is 60.9 Å². The van der Waals surface area contributed by atoms with Gasteiger partial charge in [0.2, 0.25) is 10.0 Å². The molecule has 3 rings (SSSR count). The average Bonchev–Trinajstić information content (AvgIpc) is 2.89. The Labute approximate surface area is 229 Å². The second-order valence-electron chi connectivity index (χ2n) is 8.67. The van der Waals surface area contributed by atoms with Gasteiger partial charge in [0.25, 0.3) is 5.09 Å². The first-order chi connectivity index (χ1) is 18.8. The molecule has 14 heteroatoms. The number of primary sulfonamides is 1. The van der Waals surface area contributed by atoms with Crippen LogP contribution in [0.2, 0.25) is 0 Å². The van der Waals surface area contributed by atoms with E-state index in [-0.39, 0.29) is 35.9 Å². The maximum atomic E-state index is 14.7. The number of esters is 1. The second-order valence-corrected chi connectivity index (χ2v) is 10.2. The normalized spacial score (nSPS) is 12.2. The number of sulfonamides is 1. The van der Waals surface area contributed by atoms with Gasteiger partial charge in [-0.3, -0.25) is 0 Å². The third-order valence-corrected chi connectivity index (χ3v) is 6.41. The lowest BCUT2D eigenvalue weighted by Crippen LogP contribution is -2.23. The Balaban J connectivity index is 1.82. The number of aliphatic imine (C=N–C) groups is 2. The highest BCUT2D eigenvalue weighted by Gasteiger charge is 2.14. The molecular weight excluding hydrogens is 545 g/mol. The Morgan fingerprint density at radius 2 is 1.77 bits per heavy atom. The molecule has 0 spiro atoms. The molecule has 0 saturated heterocycles. The van der Waals surface area contributed by atoms with Gasteiger partial charge in [-0.15, -0.1) is 10.1 Å². The van der Waals surface area contributed by atoms with Gasteiger partial charge in [0.1, 0.15) is 36.4 Å². The summed E-state index contributed by atoms with van der Waals surface area (Å²) >= 11 is 0. The Hall–Kier alpha value is -4.69. The number of rotatable bonds is 10. The number of halogens is 1. The summed E-state index contributed by atoms with van der Waals surface area (Å²) in [5, 5.41) is 14.5. The van der Waals surface area contributed by atoms with E-state index in [2.05, 4.69) is 14.8 Å². The molecule has 0 radical (unpaired) electrons. The maximum absolute atomic E-state index is 14.7. The minimum absolute atomic E-state index is 0.0830. The quantitative estimate of drug-likeness (QED) is 0.122. The number of carbonyl (C=O) groups excluding carboxylic acids is 1. The van der Waals surface area contributed by atoms with Crippen molar-refractivity contribution in [3.63, 3.8) is 0 Å². The van der Waals surface area contributed by atoms with Gasteiger partial charge in [-0.2, -0.15) is 0 Å². The standard InChI is InChI=1S/C26H26FN5O7S/c1-16-3-4-17(2)20(11-16)12-25(30-23-10-9-21(13-22(23)27)40(29,36)37)31-24(28)15-38-26(33)19-7-5-18(6-8-19)14-39-32(34)35/h3-11,13H,12,14-15H2,1-2H3,(H2,28,30,31)(H2,29,36,37). The lowest BCUT2D eigenvalue weighted by atomic mass is 10.0. The molecule has 0 amide bonds. The van der Waals surface area contributed by atoms with Crippen molar-refractivity contribution < 1.29 is 32.3 Å². The van der Waals surface area contributed by atoms with Crippen molar-refractivity contribution in [3.05, 3.63) is 104 Å². The molecule has 0 aromatic heterocycles. The summed E-state index contributed by atoms with van der Waals surface area (Å²) in [6.07, 6.45) is 0.145. The SMILES string of the molecule is Cc1ccc(C)c(CC(N=C(N)COC(=O)c2ccc(CO[N+](=O)[O-])cc2)=Nc2ccc(S(N)(=O)=O)cc2F)c1. The van der Waals surface area contributed by atoms with Gasteiger partial charge < -0.3 is 15.3 Å². The first-order valence-corrected chi connectivity index (χ1v) is 13.2. The van der Waals surface area contributed by atoms with Crippen molar-refractivity contribution in [1.29, 1.82) is 0 Å². The third-order valence-electron chi connectivity index (χ3n) is 5.50. The zero-order valence-corrected chi connectivity index (χ0v) is 22.4. The molecule has 0 atom stereocenters. The summed E-state index contributed by atoms with van der Waals surface area (Å²) in [7, 11) is -4.11. The maximum Gasteiger partial charge on any atom is 0.338 e. The number of hydrogen-bond acceptors (Lipinski definition) is 8. The van der Waals surface area contributed by atoms with Crippen LogP contribution in [0.1, 0.15) is 32.6 Å². The second kappa shape index (κ2) is 12.9. The molecule has 0 unspecified atom stereocenters. The van der Waals surface area contributed by atoms with Gasteiger partial charge >= 0.3 is 5.97 Å². The van der Waals surface area contributed by atoms with Crippen LogP contribution in [0.15, 0.2) is 75.5 Å². The summed E-state index contributed by atoms with van der Waals surface area (Å²) < 4.78 is 43.0. The first kappa shape index (κ1) is 29.9. The lowest BCUT2D eigenvalue weighted by Gasteiger charge is -2.10. The van der Waals surface area contributed by atoms with E-state index < -0.39 is 38.4 Å². The predicted octanol–water partition coefficient (Wildman–Crippen LogP) is 3.29. The molecule has 3 aromatic carbocycles. The molecule has 12 nitrogen and oxygen atoms in total. The lowest BCUT2D eigenvalue weighted by molar-refractivity contribution is -0.763. The van der Waals surface area contributed by atoms with Gasteiger partial charge in [0.15, 0.2) is 0 Å². The van der Waals surface area contributed by atoms with Gasteiger partial charge in [-0.1, -0.05) is 35.9 Å². The zero-order chi connectivity index (χ0) is 29.4. The Bertz CT molecular complexity index is 1590. The van der Waals surface area contributed by atoms with Crippen LogP contribution in [-0.2, 0) is 32.6 Å². The van der Waals surface area contributed by atoms with E-state index in [0.29, 0.717) is 5.56 Å². The highest BCUT2D eigenvalue weighted by atomic mass is 32.2. The van der Waals surface area contributed by atoms with Crippen molar-refractivity contribution in [3.8, 4) is 0 Å². The number of carbonyl (C=O) groups is 1. The van der Waals surface area contributed by atoms with Crippen molar-refractivity contribution in [1.82, 2.24) is 0 Å². The molecule has 0 saturated carbocycles. The summed E-state index contributed by atoms with van der Waals surface area (Å²) in [5.41, 5.74) is 9.21. The number of hydrogen-bond donors (Lipinski definition) is 2.